The first-order valence-electron chi connectivity index (χ1n) is 12.8. The highest BCUT2D eigenvalue weighted by atomic mass is 79.9. The summed E-state index contributed by atoms with van der Waals surface area (Å²) in [5.41, 5.74) is -0.500. The lowest BCUT2D eigenvalue weighted by Gasteiger charge is -2.44. The van der Waals surface area contributed by atoms with Crippen molar-refractivity contribution in [3.8, 4) is 0 Å². The smallest absolute Gasteiger partial charge is 0.303 e. The van der Waals surface area contributed by atoms with Crippen LogP contribution in [0.25, 0.3) is 6.08 Å². The number of carbonyl (C=O) groups excluding carboxylic acids is 5. The number of hydrogen-bond donors (Lipinski definition) is 0. The summed E-state index contributed by atoms with van der Waals surface area (Å²) in [6.07, 6.45) is -3.46. The van der Waals surface area contributed by atoms with Crippen LogP contribution in [0, 0.1) is 0 Å². The predicted molar refractivity (Wildman–Crippen MR) is 161 cm³/mol. The van der Waals surface area contributed by atoms with Crippen molar-refractivity contribution in [1.29, 1.82) is 0 Å². The van der Waals surface area contributed by atoms with Gasteiger partial charge in [0, 0.05) is 32.6 Å². The zero-order valence-corrected chi connectivity index (χ0v) is 26.6. The zero-order valence-electron chi connectivity index (χ0n) is 23.4. The molecule has 0 N–H and O–H groups in total. The van der Waals surface area contributed by atoms with Gasteiger partial charge in [0.2, 0.25) is 0 Å². The molecule has 0 bridgehead atoms. The van der Waals surface area contributed by atoms with E-state index in [1.54, 1.807) is 36.4 Å². The Hall–Kier alpha value is -3.53. The fourth-order valence-corrected chi connectivity index (χ4v) is 6.86. The highest BCUT2D eigenvalue weighted by Crippen LogP contribution is 2.39. The van der Waals surface area contributed by atoms with Gasteiger partial charge < -0.3 is 23.7 Å². The van der Waals surface area contributed by atoms with Gasteiger partial charge in [0.1, 0.15) is 18.4 Å². The largest absolute Gasteiger partial charge is 0.463 e. The lowest BCUT2D eigenvalue weighted by atomic mass is 9.99. The number of aliphatic imine (C=N–C) groups is 1. The van der Waals surface area contributed by atoms with Gasteiger partial charge >= 0.3 is 23.9 Å². The van der Waals surface area contributed by atoms with Gasteiger partial charge in [-0.3, -0.25) is 28.9 Å². The molecule has 2 aromatic rings. The van der Waals surface area contributed by atoms with E-state index in [1.807, 2.05) is 12.1 Å². The lowest BCUT2D eigenvalue weighted by molar-refractivity contribution is -0.237. The quantitative estimate of drug-likeness (QED) is 0.224. The average molecular weight is 696 g/mol. The second-order valence-electron chi connectivity index (χ2n) is 9.23. The third-order valence-electron chi connectivity index (χ3n) is 5.89. The second-order valence-corrected chi connectivity index (χ2v) is 12.8. The number of hydrogen-bond acceptors (Lipinski definition) is 13. The summed E-state index contributed by atoms with van der Waals surface area (Å²) in [6.45, 7) is 4.27. The van der Waals surface area contributed by atoms with Crippen molar-refractivity contribution in [3.05, 3.63) is 56.8 Å². The number of ether oxygens (including phenoxy) is 5. The number of benzene rings is 1. The molecule has 3 heterocycles. The number of thioether (sulfide) groups is 1. The van der Waals surface area contributed by atoms with Crippen LogP contribution in [0.1, 0.15) is 32.6 Å². The van der Waals surface area contributed by atoms with E-state index in [1.165, 1.54) is 23.2 Å². The van der Waals surface area contributed by atoms with Crippen LogP contribution in [0.5, 0.6) is 0 Å². The Morgan fingerprint density at radius 3 is 2.14 bits per heavy atom. The Morgan fingerprint density at radius 1 is 0.930 bits per heavy atom. The number of anilines is 1. The molecule has 15 heteroatoms. The maximum atomic E-state index is 13.7. The number of amidine groups is 1. The normalized spacial score (nSPS) is 24.3. The number of rotatable bonds is 8. The monoisotopic (exact) mass is 694 g/mol. The van der Waals surface area contributed by atoms with Gasteiger partial charge in [0.15, 0.2) is 28.9 Å². The summed E-state index contributed by atoms with van der Waals surface area (Å²) < 4.78 is 28.8. The number of nitrogens with zero attached hydrogens (tertiary/aromatic N) is 2. The van der Waals surface area contributed by atoms with Crippen molar-refractivity contribution in [3.63, 3.8) is 0 Å². The lowest BCUT2D eigenvalue weighted by Crippen LogP contribution is -2.61. The summed E-state index contributed by atoms with van der Waals surface area (Å²) in [6, 6.07) is 12.5. The molecule has 5 atom stereocenters. The molecule has 0 saturated carbocycles. The Balaban J connectivity index is 1.77. The van der Waals surface area contributed by atoms with Crippen LogP contribution in [0.15, 0.2) is 56.9 Å². The molecule has 12 nitrogen and oxygen atoms in total. The summed E-state index contributed by atoms with van der Waals surface area (Å²) in [5, 5.41) is 0.180. The molecule has 1 aromatic carbocycles. The van der Waals surface area contributed by atoms with Gasteiger partial charge in [-0.1, -0.05) is 30.0 Å². The third-order valence-corrected chi connectivity index (χ3v) is 8.55. The number of thiophene rings is 1. The summed E-state index contributed by atoms with van der Waals surface area (Å²) in [4.78, 5) is 68.5. The summed E-state index contributed by atoms with van der Waals surface area (Å²) in [5.74, 6) is -3.25. The van der Waals surface area contributed by atoms with Crippen LogP contribution >= 0.6 is 39.0 Å². The van der Waals surface area contributed by atoms with E-state index in [0.717, 1.165) is 41.2 Å². The van der Waals surface area contributed by atoms with Crippen LogP contribution in [-0.4, -0.2) is 71.4 Å². The molecule has 5 unspecified atom stereocenters. The van der Waals surface area contributed by atoms with Crippen LogP contribution in [0.3, 0.4) is 0 Å². The van der Waals surface area contributed by atoms with E-state index in [0.29, 0.717) is 5.69 Å². The van der Waals surface area contributed by atoms with E-state index in [2.05, 4.69) is 20.9 Å². The van der Waals surface area contributed by atoms with Crippen molar-refractivity contribution in [2.75, 3.05) is 11.5 Å². The molecule has 0 radical (unpaired) electrons. The minimum absolute atomic E-state index is 0.145. The van der Waals surface area contributed by atoms with E-state index < -0.39 is 59.6 Å². The summed E-state index contributed by atoms with van der Waals surface area (Å²) in [7, 11) is 0. The molecule has 228 valence electrons. The molecule has 1 amide bonds. The van der Waals surface area contributed by atoms with Gasteiger partial charge in [0.05, 0.1) is 9.47 Å². The number of esters is 4. The highest BCUT2D eigenvalue weighted by molar-refractivity contribution is 9.11. The van der Waals surface area contributed by atoms with Crippen LogP contribution < -0.4 is 4.90 Å². The van der Waals surface area contributed by atoms with E-state index in [9.17, 15) is 24.0 Å². The van der Waals surface area contributed by atoms with Crippen LogP contribution in [-0.2, 0) is 47.7 Å². The van der Waals surface area contributed by atoms with Crippen molar-refractivity contribution in [2.45, 2.75) is 57.5 Å². The molecule has 2 aliphatic rings. The molecule has 43 heavy (non-hydrogen) atoms. The van der Waals surface area contributed by atoms with Gasteiger partial charge in [-0.25, -0.2) is 4.99 Å². The third kappa shape index (κ3) is 8.31. The maximum Gasteiger partial charge on any atom is 0.303 e. The first-order valence-corrected chi connectivity index (χ1v) is 15.3. The molecule has 1 aromatic heterocycles. The minimum atomic E-state index is -1.35. The van der Waals surface area contributed by atoms with Crippen molar-refractivity contribution in [1.82, 2.24) is 0 Å². The number of carbonyl (C=O) groups is 5. The van der Waals surface area contributed by atoms with Gasteiger partial charge in [-0.15, -0.1) is 11.3 Å². The Labute approximate surface area is 263 Å². The van der Waals surface area contributed by atoms with Crippen molar-refractivity contribution >= 4 is 85.7 Å². The molecular formula is C28H27BrN2O10S2. The fourth-order valence-electron chi connectivity index (χ4n) is 4.31. The van der Waals surface area contributed by atoms with E-state index in [4.69, 9.17) is 23.7 Å². The molecule has 4 rings (SSSR count). The maximum absolute atomic E-state index is 13.7. The van der Waals surface area contributed by atoms with Crippen molar-refractivity contribution < 1.29 is 47.7 Å². The number of para-hydroxylation sites is 1. The van der Waals surface area contributed by atoms with Crippen LogP contribution in [0.4, 0.5) is 5.69 Å². The first-order chi connectivity index (χ1) is 20.4. The molecule has 1 fully saturated rings. The Kier molecular flexibility index (Phi) is 10.8. The number of amides is 1. The molecule has 2 aliphatic heterocycles. The molecule has 0 aliphatic carbocycles. The van der Waals surface area contributed by atoms with Crippen LogP contribution in [0.2, 0.25) is 0 Å². The number of halogens is 1. The highest BCUT2D eigenvalue weighted by Gasteiger charge is 2.53. The minimum Gasteiger partial charge on any atom is -0.463 e. The predicted octanol–water partition coefficient (Wildman–Crippen LogP) is 4.07. The van der Waals surface area contributed by atoms with Gasteiger partial charge in [-0.2, -0.15) is 0 Å². The fraction of sp³-hybridized carbons (Fsp3) is 0.357. The Morgan fingerprint density at radius 2 is 1.56 bits per heavy atom. The molecular weight excluding hydrogens is 668 g/mol. The molecule has 1 saturated heterocycles. The van der Waals surface area contributed by atoms with Gasteiger partial charge in [-0.05, 0) is 46.3 Å². The average Bonchev–Trinajstić information content (AvgIpc) is 3.47. The van der Waals surface area contributed by atoms with Gasteiger partial charge in [0.25, 0.3) is 5.91 Å². The second kappa shape index (κ2) is 14.3. The first kappa shape index (κ1) is 32.4. The van der Waals surface area contributed by atoms with E-state index in [-0.39, 0.29) is 17.5 Å². The topological polar surface area (TPSA) is 147 Å². The van der Waals surface area contributed by atoms with Crippen molar-refractivity contribution in [2.24, 2.45) is 4.99 Å². The summed E-state index contributed by atoms with van der Waals surface area (Å²) >= 11 is 5.76. The standard InChI is InChI=1S/C28H27BrN2O10S2/c1-14(32)37-13-21-23(38-15(2)33)24(39-16(3)34)25(40-17(4)35)27(41-21)43-28-30-20(12-19-10-11-22(29)42-19)26(36)31(28)18-8-6-5-7-9-18/h5-12,21,23-25,27H,13H2,1-4H3/b20-12-. The Bertz CT molecular complexity index is 1460. The zero-order chi connectivity index (χ0) is 31.3. The SMILES string of the molecule is CC(=O)OCC1OC(SC2=N/C(=C\c3ccc(Br)s3)C(=O)N2c2ccccc2)C(OC(C)=O)C(OC(C)=O)C1OC(C)=O. The molecule has 0 spiro atoms. The van der Waals surface area contributed by atoms with E-state index >= 15 is 0 Å².